The van der Waals surface area contributed by atoms with Gasteiger partial charge < -0.3 is 20.6 Å². The van der Waals surface area contributed by atoms with Gasteiger partial charge in [0.05, 0.1) is 12.7 Å². The number of aliphatic carboxylic acids is 1. The molecule has 1 heterocycles. The molecule has 0 aliphatic carbocycles. The van der Waals surface area contributed by atoms with E-state index in [4.69, 9.17) is 5.11 Å². The minimum Gasteiger partial charge on any atom is -0.480 e. The Kier molecular flexibility index (Phi) is 5.73. The molecule has 9 nitrogen and oxygen atoms in total. The monoisotopic (exact) mass is 270 g/mol. The minimum absolute atomic E-state index is 0.202. The van der Waals surface area contributed by atoms with Gasteiger partial charge in [0.1, 0.15) is 12.2 Å². The van der Waals surface area contributed by atoms with Crippen LogP contribution in [0.4, 0.5) is 4.79 Å². The van der Waals surface area contributed by atoms with Gasteiger partial charge in [0.2, 0.25) is 0 Å². The first-order valence-electron chi connectivity index (χ1n) is 5.74. The molecule has 0 spiro atoms. The topological polar surface area (TPSA) is 112 Å². The van der Waals surface area contributed by atoms with Crippen LogP contribution in [0.5, 0.6) is 0 Å². The van der Waals surface area contributed by atoms with Gasteiger partial charge in [0.15, 0.2) is 0 Å². The predicted octanol–water partition coefficient (Wildman–Crippen LogP) is -1.28. The highest BCUT2D eigenvalue weighted by Crippen LogP contribution is 1.92. The number of hydrogen-bond donors (Lipinski definition) is 3. The van der Waals surface area contributed by atoms with Gasteiger partial charge in [-0.05, 0) is 14.1 Å². The molecule has 0 atom stereocenters. The average molecular weight is 270 g/mol. The Morgan fingerprint density at radius 3 is 2.79 bits per heavy atom. The van der Waals surface area contributed by atoms with Crippen molar-refractivity contribution in [3.05, 3.63) is 11.9 Å². The Morgan fingerprint density at radius 2 is 2.16 bits per heavy atom. The van der Waals surface area contributed by atoms with Crippen molar-refractivity contribution in [1.82, 2.24) is 30.5 Å². The lowest BCUT2D eigenvalue weighted by Crippen LogP contribution is -2.38. The third-order valence-electron chi connectivity index (χ3n) is 2.16. The summed E-state index contributed by atoms with van der Waals surface area (Å²) in [5.74, 6) is -0.995. The number of rotatable bonds is 7. The van der Waals surface area contributed by atoms with Gasteiger partial charge in [-0.25, -0.2) is 9.48 Å². The lowest BCUT2D eigenvalue weighted by Gasteiger charge is -2.10. The number of carbonyl (C=O) groups excluding carboxylic acids is 1. The second-order valence-electron chi connectivity index (χ2n) is 4.21. The molecule has 0 fully saturated rings. The van der Waals surface area contributed by atoms with Crippen LogP contribution in [0.15, 0.2) is 6.20 Å². The Hall–Kier alpha value is -2.16. The Labute approximate surface area is 110 Å². The molecule has 2 amide bonds. The summed E-state index contributed by atoms with van der Waals surface area (Å²) in [5, 5.41) is 21.2. The van der Waals surface area contributed by atoms with Crippen LogP contribution in [0.2, 0.25) is 0 Å². The maximum absolute atomic E-state index is 11.4. The lowest BCUT2D eigenvalue weighted by atomic mass is 10.4. The summed E-state index contributed by atoms with van der Waals surface area (Å²) in [6.07, 6.45) is 1.48. The summed E-state index contributed by atoms with van der Waals surface area (Å²) in [5.41, 5.74) is 0.504. The lowest BCUT2D eigenvalue weighted by molar-refractivity contribution is -0.137. The van der Waals surface area contributed by atoms with Crippen molar-refractivity contribution < 1.29 is 14.7 Å². The first-order valence-corrected chi connectivity index (χ1v) is 5.74. The number of nitrogens with one attached hydrogen (secondary N) is 2. The van der Waals surface area contributed by atoms with Crippen LogP contribution in [0.3, 0.4) is 0 Å². The first-order chi connectivity index (χ1) is 8.97. The zero-order chi connectivity index (χ0) is 14.3. The number of urea groups is 1. The summed E-state index contributed by atoms with van der Waals surface area (Å²) >= 11 is 0. The molecule has 9 heteroatoms. The van der Waals surface area contributed by atoms with Crippen LogP contribution in [0, 0.1) is 0 Å². The van der Waals surface area contributed by atoms with E-state index in [9.17, 15) is 9.59 Å². The van der Waals surface area contributed by atoms with Crippen LogP contribution in [-0.2, 0) is 17.9 Å². The number of carbonyl (C=O) groups is 2. The van der Waals surface area contributed by atoms with Crippen molar-refractivity contribution in [2.45, 2.75) is 13.1 Å². The largest absolute Gasteiger partial charge is 0.480 e. The molecule has 3 N–H and O–H groups in total. The number of likely N-dealkylation sites (N-methyl/N-ethyl adjacent to an activating group) is 1. The van der Waals surface area contributed by atoms with Crippen molar-refractivity contribution >= 4 is 12.0 Å². The summed E-state index contributed by atoms with van der Waals surface area (Å²) < 4.78 is 1.20. The van der Waals surface area contributed by atoms with Crippen LogP contribution in [0.1, 0.15) is 5.69 Å². The van der Waals surface area contributed by atoms with Gasteiger partial charge in [0.25, 0.3) is 0 Å². The molecule has 19 heavy (non-hydrogen) atoms. The minimum atomic E-state index is -0.995. The molecule has 0 unspecified atom stereocenters. The highest BCUT2D eigenvalue weighted by atomic mass is 16.4. The van der Waals surface area contributed by atoms with Crippen LogP contribution >= 0.6 is 0 Å². The highest BCUT2D eigenvalue weighted by molar-refractivity contribution is 5.73. The summed E-state index contributed by atoms with van der Waals surface area (Å²) in [6.45, 7) is 1.25. The van der Waals surface area contributed by atoms with Crippen molar-refractivity contribution in [2.24, 2.45) is 0 Å². The van der Waals surface area contributed by atoms with Gasteiger partial charge in [-0.3, -0.25) is 4.79 Å². The highest BCUT2D eigenvalue weighted by Gasteiger charge is 2.05. The fourth-order valence-corrected chi connectivity index (χ4v) is 1.26. The fourth-order valence-electron chi connectivity index (χ4n) is 1.26. The van der Waals surface area contributed by atoms with Crippen LogP contribution < -0.4 is 10.6 Å². The van der Waals surface area contributed by atoms with Crippen LogP contribution in [-0.4, -0.2) is 64.2 Å². The Balaban J connectivity index is 2.26. The van der Waals surface area contributed by atoms with E-state index < -0.39 is 5.97 Å². The molecule has 0 saturated heterocycles. The standard InChI is InChI=1S/C10H18N6O3/c1-15(2)4-3-11-10(19)12-5-8-6-16(14-13-8)7-9(17)18/h6H,3-5,7H2,1-2H3,(H,17,18)(H2,11,12,19). The summed E-state index contributed by atoms with van der Waals surface area (Å²) in [4.78, 5) is 23.8. The van der Waals surface area contributed by atoms with Gasteiger partial charge in [-0.2, -0.15) is 0 Å². The average Bonchev–Trinajstić information content (AvgIpc) is 2.72. The molecule has 1 rings (SSSR count). The molecule has 0 aliphatic heterocycles. The number of carboxylic acid groups (broad SMARTS) is 1. The number of hydrogen-bond acceptors (Lipinski definition) is 5. The maximum Gasteiger partial charge on any atom is 0.325 e. The Bertz CT molecular complexity index is 431. The third kappa shape index (κ3) is 6.36. The third-order valence-corrected chi connectivity index (χ3v) is 2.16. The molecule has 1 aromatic rings. The van der Waals surface area contributed by atoms with Gasteiger partial charge in [-0.1, -0.05) is 5.21 Å². The van der Waals surface area contributed by atoms with E-state index in [1.807, 2.05) is 19.0 Å². The van der Waals surface area contributed by atoms with E-state index >= 15 is 0 Å². The van der Waals surface area contributed by atoms with E-state index in [1.54, 1.807) is 0 Å². The number of amides is 2. The molecule has 0 saturated carbocycles. The number of aromatic nitrogens is 3. The molecule has 1 aromatic heterocycles. The van der Waals surface area contributed by atoms with Crippen molar-refractivity contribution in [3.63, 3.8) is 0 Å². The summed E-state index contributed by atoms with van der Waals surface area (Å²) in [7, 11) is 3.83. The van der Waals surface area contributed by atoms with Crippen molar-refractivity contribution in [2.75, 3.05) is 27.2 Å². The molecule has 0 aromatic carbocycles. The number of carboxylic acids is 1. The zero-order valence-electron chi connectivity index (χ0n) is 11.0. The zero-order valence-corrected chi connectivity index (χ0v) is 11.0. The normalized spacial score (nSPS) is 10.5. The van der Waals surface area contributed by atoms with E-state index in [0.717, 1.165) is 6.54 Å². The van der Waals surface area contributed by atoms with E-state index in [0.29, 0.717) is 12.2 Å². The van der Waals surface area contributed by atoms with Gasteiger partial charge >= 0.3 is 12.0 Å². The van der Waals surface area contributed by atoms with Crippen LogP contribution in [0.25, 0.3) is 0 Å². The molecule has 0 aliphatic rings. The van der Waals surface area contributed by atoms with Gasteiger partial charge in [0, 0.05) is 13.1 Å². The molecule has 0 radical (unpaired) electrons. The predicted molar refractivity (Wildman–Crippen MR) is 66.5 cm³/mol. The second kappa shape index (κ2) is 7.31. The molecule has 106 valence electrons. The Morgan fingerprint density at radius 1 is 1.42 bits per heavy atom. The van der Waals surface area contributed by atoms with E-state index in [2.05, 4.69) is 20.9 Å². The van der Waals surface area contributed by atoms with Gasteiger partial charge in [-0.15, -0.1) is 5.10 Å². The first kappa shape index (κ1) is 14.9. The molecule has 0 bridgehead atoms. The molecular formula is C10H18N6O3. The fraction of sp³-hybridized carbons (Fsp3) is 0.600. The quantitative estimate of drug-likeness (QED) is 0.569. The maximum atomic E-state index is 11.4. The van der Waals surface area contributed by atoms with Crippen molar-refractivity contribution in [3.8, 4) is 0 Å². The van der Waals surface area contributed by atoms with E-state index in [1.165, 1.54) is 10.9 Å². The summed E-state index contributed by atoms with van der Waals surface area (Å²) in [6, 6.07) is -0.297. The second-order valence-corrected chi connectivity index (χ2v) is 4.21. The van der Waals surface area contributed by atoms with E-state index in [-0.39, 0.29) is 19.1 Å². The number of nitrogens with zero attached hydrogens (tertiary/aromatic N) is 4. The van der Waals surface area contributed by atoms with Crippen molar-refractivity contribution in [1.29, 1.82) is 0 Å². The SMILES string of the molecule is CN(C)CCNC(=O)NCc1cn(CC(=O)O)nn1. The smallest absolute Gasteiger partial charge is 0.325 e. The molecular weight excluding hydrogens is 252 g/mol.